The van der Waals surface area contributed by atoms with Gasteiger partial charge in [-0.2, -0.15) is 0 Å². The fourth-order valence-corrected chi connectivity index (χ4v) is 4.84. The molecule has 0 bridgehead atoms. The molecule has 0 saturated carbocycles. The minimum Gasteiger partial charge on any atom is -0.354 e. The van der Waals surface area contributed by atoms with E-state index in [1.54, 1.807) is 0 Å². The zero-order valence-corrected chi connectivity index (χ0v) is 21.5. The highest BCUT2D eigenvalue weighted by atomic mass is 79.9. The zero-order chi connectivity index (χ0) is 25.0. The summed E-state index contributed by atoms with van der Waals surface area (Å²) in [5, 5.41) is 2.01. The van der Waals surface area contributed by atoms with Crippen LogP contribution in [0.3, 0.4) is 0 Å². The molecule has 0 spiro atoms. The molecule has 1 aliphatic rings. The normalized spacial score (nSPS) is 15.6. The molecule has 5 aromatic rings. The van der Waals surface area contributed by atoms with Crippen LogP contribution in [-0.2, 0) is 0 Å². The van der Waals surface area contributed by atoms with Gasteiger partial charge >= 0.3 is 0 Å². The first-order chi connectivity index (χ1) is 18.2. The number of nitrogens with zero attached hydrogens (tertiary/aromatic N) is 2. The predicted molar refractivity (Wildman–Crippen MR) is 156 cm³/mol. The molecular formula is C32H23BrN4. The summed E-state index contributed by atoms with van der Waals surface area (Å²) in [6, 6.07) is 39.0. The number of H-pyrrole nitrogens is 2. The van der Waals surface area contributed by atoms with Gasteiger partial charge in [0.2, 0.25) is 0 Å². The maximum absolute atomic E-state index is 4.89. The average Bonchev–Trinajstić information content (AvgIpc) is 3.70. The molecule has 6 rings (SSSR count). The Bertz CT molecular complexity index is 1760. The van der Waals surface area contributed by atoms with Gasteiger partial charge in [0, 0.05) is 27.5 Å². The van der Waals surface area contributed by atoms with E-state index in [1.807, 2.05) is 60.7 Å². The summed E-state index contributed by atoms with van der Waals surface area (Å²) in [7, 11) is 0. The van der Waals surface area contributed by atoms with E-state index < -0.39 is 0 Å². The van der Waals surface area contributed by atoms with Crippen molar-refractivity contribution in [2.24, 2.45) is 9.98 Å². The molecule has 0 unspecified atom stereocenters. The highest BCUT2D eigenvalue weighted by Crippen LogP contribution is 2.22. The molecule has 178 valence electrons. The number of aromatic nitrogens is 2. The third-order valence-corrected chi connectivity index (χ3v) is 6.61. The number of hydrogen-bond donors (Lipinski definition) is 2. The molecule has 1 aliphatic heterocycles. The molecule has 3 heterocycles. The summed E-state index contributed by atoms with van der Waals surface area (Å²) < 4.78 is 0.940. The molecular weight excluding hydrogens is 520 g/mol. The highest BCUT2D eigenvalue weighted by Gasteiger charge is 2.15. The summed E-state index contributed by atoms with van der Waals surface area (Å²) in [6.45, 7) is 0. The van der Waals surface area contributed by atoms with Gasteiger partial charge in [0.25, 0.3) is 0 Å². The Morgan fingerprint density at radius 3 is 1.81 bits per heavy atom. The second-order valence-corrected chi connectivity index (χ2v) is 9.48. The van der Waals surface area contributed by atoms with Crippen molar-refractivity contribution in [1.82, 2.24) is 9.97 Å². The molecule has 37 heavy (non-hydrogen) atoms. The SMILES string of the molecule is Brc1ccc(/C(c2ccccc2)=c2/cc/c(=C(/C3=NC(=Nc4ccccc4)C=C3)c3ccccc3)[nH]2)[nH]1. The van der Waals surface area contributed by atoms with Crippen LogP contribution in [0.4, 0.5) is 5.69 Å². The molecule has 0 amide bonds. The van der Waals surface area contributed by atoms with Gasteiger partial charge in [0.05, 0.1) is 16.0 Å². The van der Waals surface area contributed by atoms with Crippen molar-refractivity contribution >= 4 is 44.3 Å². The highest BCUT2D eigenvalue weighted by molar-refractivity contribution is 9.10. The monoisotopic (exact) mass is 542 g/mol. The number of aliphatic imine (C=N–C) groups is 2. The Hall–Kier alpha value is -4.48. The molecule has 0 atom stereocenters. The zero-order valence-electron chi connectivity index (χ0n) is 19.9. The lowest BCUT2D eigenvalue weighted by Gasteiger charge is -2.07. The van der Waals surface area contributed by atoms with Crippen LogP contribution in [0.15, 0.2) is 142 Å². The molecule has 3 aromatic carbocycles. The van der Waals surface area contributed by atoms with Crippen LogP contribution in [0.5, 0.6) is 0 Å². The van der Waals surface area contributed by atoms with Crippen molar-refractivity contribution in [3.63, 3.8) is 0 Å². The first-order valence-electron chi connectivity index (χ1n) is 12.0. The van der Waals surface area contributed by atoms with Crippen molar-refractivity contribution in [2.45, 2.75) is 0 Å². The van der Waals surface area contributed by atoms with Crippen LogP contribution in [0.1, 0.15) is 16.8 Å². The Kier molecular flexibility index (Phi) is 6.36. The number of amidine groups is 1. The van der Waals surface area contributed by atoms with Gasteiger partial charge in [-0.05, 0) is 75.6 Å². The summed E-state index contributed by atoms with van der Waals surface area (Å²) >= 11 is 3.56. The fourth-order valence-electron chi connectivity index (χ4n) is 4.50. The van der Waals surface area contributed by atoms with Crippen molar-refractivity contribution < 1.29 is 0 Å². The van der Waals surface area contributed by atoms with E-state index in [0.717, 1.165) is 54.7 Å². The van der Waals surface area contributed by atoms with Crippen molar-refractivity contribution in [3.05, 3.63) is 160 Å². The van der Waals surface area contributed by atoms with Gasteiger partial charge in [-0.3, -0.25) is 0 Å². The van der Waals surface area contributed by atoms with Crippen LogP contribution in [-0.4, -0.2) is 21.5 Å². The number of aromatic amines is 2. The van der Waals surface area contributed by atoms with Gasteiger partial charge in [-0.25, -0.2) is 9.98 Å². The molecule has 0 fully saturated rings. The van der Waals surface area contributed by atoms with E-state index in [2.05, 4.69) is 92.6 Å². The molecule has 0 aliphatic carbocycles. The maximum atomic E-state index is 4.89. The third kappa shape index (κ3) is 4.95. The Morgan fingerprint density at radius 2 is 1.19 bits per heavy atom. The van der Waals surface area contributed by atoms with Gasteiger partial charge in [-0.1, -0.05) is 78.9 Å². The van der Waals surface area contributed by atoms with Crippen LogP contribution in [0.25, 0.3) is 11.1 Å². The largest absolute Gasteiger partial charge is 0.354 e. The van der Waals surface area contributed by atoms with Gasteiger partial charge in [0.1, 0.15) is 0 Å². The number of hydrogen-bond acceptors (Lipinski definition) is 1. The van der Waals surface area contributed by atoms with E-state index in [-0.39, 0.29) is 0 Å². The maximum Gasteiger partial charge on any atom is 0.153 e. The standard InChI is InChI=1S/C32H23BrN4/c33-29-20-18-27(36-29)31(22-10-4-1-5-11-22)25-16-17-26(35-25)32(23-12-6-2-7-13-23)28-19-21-30(37-28)34-24-14-8-3-9-15-24/h1-21,35-36H/b31-25-,32-26-,34-30?. The number of allylic oxidation sites excluding steroid dienone is 1. The molecule has 2 aromatic heterocycles. The summed E-state index contributed by atoms with van der Waals surface area (Å²) in [4.78, 5) is 16.7. The molecule has 4 nitrogen and oxygen atoms in total. The van der Waals surface area contributed by atoms with Gasteiger partial charge in [0.15, 0.2) is 5.84 Å². The van der Waals surface area contributed by atoms with E-state index in [9.17, 15) is 0 Å². The van der Waals surface area contributed by atoms with Crippen LogP contribution >= 0.6 is 15.9 Å². The van der Waals surface area contributed by atoms with E-state index in [1.165, 1.54) is 0 Å². The second kappa shape index (κ2) is 10.2. The number of halogens is 1. The number of para-hydroxylation sites is 1. The van der Waals surface area contributed by atoms with Gasteiger partial charge in [-0.15, -0.1) is 0 Å². The average molecular weight is 543 g/mol. The third-order valence-electron chi connectivity index (χ3n) is 6.15. The first-order valence-corrected chi connectivity index (χ1v) is 12.8. The summed E-state index contributed by atoms with van der Waals surface area (Å²) in [5.74, 6) is 0.689. The number of rotatable bonds is 5. The lowest BCUT2D eigenvalue weighted by Crippen LogP contribution is -2.19. The number of benzene rings is 3. The fraction of sp³-hybridized carbons (Fsp3) is 0. The smallest absolute Gasteiger partial charge is 0.153 e. The molecule has 0 radical (unpaired) electrons. The van der Waals surface area contributed by atoms with Crippen LogP contribution in [0.2, 0.25) is 0 Å². The van der Waals surface area contributed by atoms with E-state index in [0.29, 0.717) is 5.84 Å². The topological polar surface area (TPSA) is 56.3 Å². The lowest BCUT2D eigenvalue weighted by atomic mass is 10.0. The van der Waals surface area contributed by atoms with Crippen molar-refractivity contribution in [3.8, 4) is 0 Å². The lowest BCUT2D eigenvalue weighted by molar-refractivity contribution is 1.22. The van der Waals surface area contributed by atoms with E-state index >= 15 is 0 Å². The minimum atomic E-state index is 0.689. The molecule has 2 N–H and O–H groups in total. The van der Waals surface area contributed by atoms with Crippen LogP contribution < -0.4 is 10.7 Å². The summed E-state index contributed by atoms with van der Waals surface area (Å²) in [6.07, 6.45) is 4.00. The number of nitrogens with one attached hydrogen (secondary N) is 2. The Labute approximate surface area is 223 Å². The van der Waals surface area contributed by atoms with Crippen molar-refractivity contribution in [2.75, 3.05) is 0 Å². The summed E-state index contributed by atoms with van der Waals surface area (Å²) in [5.41, 5.74) is 7.13. The van der Waals surface area contributed by atoms with Crippen molar-refractivity contribution in [1.29, 1.82) is 0 Å². The Morgan fingerprint density at radius 1 is 0.595 bits per heavy atom. The Balaban J connectivity index is 1.56. The predicted octanol–water partition coefficient (Wildman–Crippen LogP) is 6.29. The quantitative estimate of drug-likeness (QED) is 0.262. The minimum absolute atomic E-state index is 0.689. The molecule has 0 saturated heterocycles. The van der Waals surface area contributed by atoms with Gasteiger partial charge < -0.3 is 9.97 Å². The first kappa shape index (κ1) is 23.0. The van der Waals surface area contributed by atoms with E-state index in [4.69, 9.17) is 9.98 Å². The van der Waals surface area contributed by atoms with Crippen LogP contribution in [0, 0.1) is 0 Å². The molecule has 5 heteroatoms. The second-order valence-electron chi connectivity index (χ2n) is 8.62.